The van der Waals surface area contributed by atoms with Gasteiger partial charge in [-0.25, -0.2) is 13.6 Å². The van der Waals surface area contributed by atoms with Crippen molar-refractivity contribution in [3.8, 4) is 12.3 Å². The highest BCUT2D eigenvalue weighted by Crippen LogP contribution is 2.53. The van der Waals surface area contributed by atoms with Crippen LogP contribution in [0.2, 0.25) is 0 Å². The van der Waals surface area contributed by atoms with Crippen LogP contribution in [0, 0.1) is 24.0 Å². The number of halogens is 2. The van der Waals surface area contributed by atoms with Crippen molar-refractivity contribution in [3.63, 3.8) is 0 Å². The summed E-state index contributed by atoms with van der Waals surface area (Å²) in [4.78, 5) is 24.3. The van der Waals surface area contributed by atoms with E-state index < -0.39 is 31.0 Å². The summed E-state index contributed by atoms with van der Waals surface area (Å²) in [6.45, 7) is 2.03. The molecule has 1 aromatic carbocycles. The highest BCUT2D eigenvalue weighted by atomic mass is 31.2. The first kappa shape index (κ1) is 24.2. The lowest BCUT2D eigenvalue weighted by Gasteiger charge is -2.30. The third kappa shape index (κ3) is 5.87. The fourth-order valence-corrected chi connectivity index (χ4v) is 6.82. The molecule has 0 saturated carbocycles. The van der Waals surface area contributed by atoms with Crippen molar-refractivity contribution in [3.05, 3.63) is 29.3 Å². The number of nitrogens with one attached hydrogen (secondary N) is 1. The number of cyclic esters (lactones) is 1. The molecular weight excluding hydrogens is 441 g/mol. The SMILES string of the molecule is C#CCOCCP1(=O)CCC(c2c(F)cc(N3C[C@H](CNC(C)=O)OC3=O)cc2F)CC1. The number of hydrogen-bond acceptors (Lipinski definition) is 5. The molecule has 174 valence electrons. The first-order valence-electron chi connectivity index (χ1n) is 10.5. The molecule has 2 fully saturated rings. The predicted octanol–water partition coefficient (Wildman–Crippen LogP) is 3.32. The van der Waals surface area contributed by atoms with Gasteiger partial charge in [-0.2, -0.15) is 0 Å². The van der Waals surface area contributed by atoms with Crippen molar-refractivity contribution in [2.45, 2.75) is 31.8 Å². The lowest BCUT2D eigenvalue weighted by Crippen LogP contribution is -2.33. The number of rotatable bonds is 8. The third-order valence-corrected chi connectivity index (χ3v) is 8.98. The minimum Gasteiger partial charge on any atom is -0.442 e. The summed E-state index contributed by atoms with van der Waals surface area (Å²) in [6.07, 6.45) is 5.86. The van der Waals surface area contributed by atoms with Crippen LogP contribution >= 0.6 is 7.14 Å². The number of nitrogens with zero attached hydrogens (tertiary/aromatic N) is 1. The highest BCUT2D eigenvalue weighted by molar-refractivity contribution is 7.64. The van der Waals surface area contributed by atoms with Gasteiger partial charge in [0.25, 0.3) is 0 Å². The largest absolute Gasteiger partial charge is 0.442 e. The molecule has 3 rings (SSSR count). The Morgan fingerprint density at radius 1 is 1.34 bits per heavy atom. The highest BCUT2D eigenvalue weighted by Gasteiger charge is 2.36. The number of carbonyl (C=O) groups is 2. The van der Waals surface area contributed by atoms with Crippen LogP contribution in [-0.2, 0) is 18.8 Å². The van der Waals surface area contributed by atoms with Crippen LogP contribution in [0.1, 0.15) is 31.2 Å². The van der Waals surface area contributed by atoms with Crippen molar-refractivity contribution >= 4 is 24.8 Å². The number of anilines is 1. The topological polar surface area (TPSA) is 84.9 Å². The van der Waals surface area contributed by atoms with Crippen LogP contribution in [0.4, 0.5) is 19.3 Å². The molecule has 0 radical (unpaired) electrons. The van der Waals surface area contributed by atoms with Crippen LogP contribution in [0.25, 0.3) is 0 Å². The lowest BCUT2D eigenvalue weighted by molar-refractivity contribution is -0.119. The van der Waals surface area contributed by atoms with Gasteiger partial charge in [0.1, 0.15) is 24.3 Å². The van der Waals surface area contributed by atoms with Crippen molar-refractivity contribution in [2.75, 3.05) is 49.7 Å². The van der Waals surface area contributed by atoms with Crippen LogP contribution in [-0.4, -0.2) is 62.9 Å². The Balaban J connectivity index is 1.64. The lowest BCUT2D eigenvalue weighted by atomic mass is 9.92. The zero-order valence-corrected chi connectivity index (χ0v) is 18.8. The Bertz CT molecular complexity index is 929. The molecule has 2 amide bonds. The number of terminal acetylenes is 1. The summed E-state index contributed by atoms with van der Waals surface area (Å²) in [6, 6.07) is 2.25. The molecule has 0 spiro atoms. The number of carbonyl (C=O) groups excluding carboxylic acids is 2. The molecule has 10 heteroatoms. The van der Waals surface area contributed by atoms with Gasteiger partial charge < -0.3 is 19.4 Å². The third-order valence-electron chi connectivity index (χ3n) is 5.84. The quantitative estimate of drug-likeness (QED) is 0.360. The van der Waals surface area contributed by atoms with E-state index in [4.69, 9.17) is 15.9 Å². The summed E-state index contributed by atoms with van der Waals surface area (Å²) >= 11 is 0. The van der Waals surface area contributed by atoms with E-state index in [0.29, 0.717) is 37.9 Å². The molecule has 0 unspecified atom stereocenters. The van der Waals surface area contributed by atoms with E-state index in [2.05, 4.69) is 11.2 Å². The Morgan fingerprint density at radius 2 is 2.00 bits per heavy atom. The minimum atomic E-state index is -2.44. The van der Waals surface area contributed by atoms with E-state index >= 15 is 0 Å². The normalized spacial score (nSPS) is 25.3. The molecule has 0 aromatic heterocycles. The maximum atomic E-state index is 14.9. The fourth-order valence-electron chi connectivity index (χ4n) is 4.13. The molecule has 2 aliphatic rings. The Morgan fingerprint density at radius 3 is 2.59 bits per heavy atom. The standard InChI is InChI=1S/C22H27F2N2O5P/c1-3-6-30-7-10-32(29)8-4-16(5-9-32)21-19(23)11-17(12-20(21)24)26-14-18(31-22(26)28)13-25-15(2)27/h1,11-12,16,18H,4-10,13-14H2,2H3,(H,25,27)/t16?,18-,32?/m0/s1. The summed E-state index contributed by atoms with van der Waals surface area (Å²) < 4.78 is 53.1. The van der Waals surface area contributed by atoms with Gasteiger partial charge in [-0.05, 0) is 30.9 Å². The minimum absolute atomic E-state index is 0.0362. The Hall–Kier alpha value is -2.43. The predicted molar refractivity (Wildman–Crippen MR) is 116 cm³/mol. The molecule has 2 saturated heterocycles. The molecular formula is C22H27F2N2O5P. The number of ether oxygens (including phenoxy) is 2. The molecule has 0 bridgehead atoms. The van der Waals surface area contributed by atoms with Crippen LogP contribution in [0.3, 0.4) is 0 Å². The molecule has 1 N–H and O–H groups in total. The maximum Gasteiger partial charge on any atom is 0.414 e. The molecule has 0 aliphatic carbocycles. The summed E-state index contributed by atoms with van der Waals surface area (Å²) in [7, 11) is -2.44. The smallest absolute Gasteiger partial charge is 0.414 e. The van der Waals surface area contributed by atoms with Gasteiger partial charge >= 0.3 is 6.09 Å². The van der Waals surface area contributed by atoms with Gasteiger partial charge in [0, 0.05) is 31.0 Å². The van der Waals surface area contributed by atoms with Crippen LogP contribution < -0.4 is 10.2 Å². The first-order chi connectivity index (χ1) is 15.2. The second kappa shape index (κ2) is 10.5. The number of hydrogen-bond donors (Lipinski definition) is 1. The Kier molecular flexibility index (Phi) is 7.91. The van der Waals surface area contributed by atoms with E-state index in [1.54, 1.807) is 0 Å². The molecule has 32 heavy (non-hydrogen) atoms. The van der Waals surface area contributed by atoms with Crippen molar-refractivity contribution < 1.29 is 32.4 Å². The molecule has 7 nitrogen and oxygen atoms in total. The molecule has 2 aliphatic heterocycles. The second-order valence-electron chi connectivity index (χ2n) is 8.14. The van der Waals surface area contributed by atoms with E-state index in [1.807, 2.05) is 0 Å². The maximum absolute atomic E-state index is 14.9. The molecule has 1 aromatic rings. The van der Waals surface area contributed by atoms with Gasteiger partial charge in [0.15, 0.2) is 0 Å². The van der Waals surface area contributed by atoms with Gasteiger partial charge in [-0.1, -0.05) is 5.92 Å². The van der Waals surface area contributed by atoms with Gasteiger partial charge in [-0.3, -0.25) is 9.69 Å². The first-order valence-corrected chi connectivity index (χ1v) is 12.8. The average molecular weight is 468 g/mol. The van der Waals surface area contributed by atoms with E-state index in [-0.39, 0.29) is 42.8 Å². The monoisotopic (exact) mass is 468 g/mol. The van der Waals surface area contributed by atoms with Gasteiger partial charge in [0.05, 0.1) is 32.5 Å². The zero-order valence-electron chi connectivity index (χ0n) is 17.9. The van der Waals surface area contributed by atoms with Crippen molar-refractivity contribution in [2.24, 2.45) is 0 Å². The zero-order chi connectivity index (χ0) is 23.3. The number of benzene rings is 1. The fraction of sp³-hybridized carbons (Fsp3) is 0.545. The summed E-state index contributed by atoms with van der Waals surface area (Å²) in [5.74, 6) is 0.233. The molecule has 1 atom stereocenters. The van der Waals surface area contributed by atoms with E-state index in [0.717, 1.165) is 17.0 Å². The summed E-state index contributed by atoms with van der Waals surface area (Å²) in [5.41, 5.74) is 0.0251. The Labute approximate surface area is 186 Å². The number of amides is 2. The van der Waals surface area contributed by atoms with Gasteiger partial charge in [0.2, 0.25) is 5.91 Å². The second-order valence-corrected chi connectivity index (χ2v) is 11.6. The van der Waals surface area contributed by atoms with Crippen molar-refractivity contribution in [1.82, 2.24) is 5.32 Å². The average Bonchev–Trinajstić information content (AvgIpc) is 3.11. The van der Waals surface area contributed by atoms with E-state index in [9.17, 15) is 22.9 Å². The molecule has 2 heterocycles. The van der Waals surface area contributed by atoms with Crippen LogP contribution in [0.5, 0.6) is 0 Å². The van der Waals surface area contributed by atoms with Gasteiger partial charge in [-0.15, -0.1) is 6.42 Å². The van der Waals surface area contributed by atoms with Crippen molar-refractivity contribution in [1.29, 1.82) is 0 Å². The summed E-state index contributed by atoms with van der Waals surface area (Å²) in [5, 5.41) is 2.55. The van der Waals surface area contributed by atoms with E-state index in [1.165, 1.54) is 6.92 Å². The van der Waals surface area contributed by atoms with Crippen LogP contribution in [0.15, 0.2) is 12.1 Å².